The number of carbonyl (C=O) groups is 1. The summed E-state index contributed by atoms with van der Waals surface area (Å²) in [6.07, 6.45) is 2.57. The van der Waals surface area contributed by atoms with Gasteiger partial charge >= 0.3 is 5.97 Å². The molecule has 23 heavy (non-hydrogen) atoms. The van der Waals surface area contributed by atoms with E-state index >= 15 is 0 Å². The summed E-state index contributed by atoms with van der Waals surface area (Å²) in [7, 11) is 0. The molecule has 1 aliphatic rings. The predicted molar refractivity (Wildman–Crippen MR) is 83.7 cm³/mol. The van der Waals surface area contributed by atoms with Crippen LogP contribution in [0.1, 0.15) is 19.0 Å². The van der Waals surface area contributed by atoms with Crippen molar-refractivity contribution in [2.45, 2.75) is 19.9 Å². The Labute approximate surface area is 134 Å². The molecule has 0 amide bonds. The van der Waals surface area contributed by atoms with Crippen LogP contribution in [0.15, 0.2) is 36.5 Å². The van der Waals surface area contributed by atoms with Gasteiger partial charge < -0.3 is 5.11 Å². The van der Waals surface area contributed by atoms with Gasteiger partial charge in [0.1, 0.15) is 5.82 Å². The molecule has 1 fully saturated rings. The van der Waals surface area contributed by atoms with Gasteiger partial charge in [0.2, 0.25) is 0 Å². The van der Waals surface area contributed by atoms with Crippen molar-refractivity contribution in [1.29, 1.82) is 0 Å². The zero-order valence-corrected chi connectivity index (χ0v) is 13.0. The van der Waals surface area contributed by atoms with Gasteiger partial charge in [-0.05, 0) is 42.7 Å². The van der Waals surface area contributed by atoms with Crippen LogP contribution >= 0.6 is 0 Å². The van der Waals surface area contributed by atoms with Crippen LogP contribution in [0, 0.1) is 17.7 Å². The molecule has 1 N–H and O–H groups in total. The van der Waals surface area contributed by atoms with E-state index in [2.05, 4.69) is 16.9 Å². The lowest BCUT2D eigenvalue weighted by Gasteiger charge is -2.34. The number of carboxylic acid groups (broad SMARTS) is 1. The van der Waals surface area contributed by atoms with Crippen LogP contribution in [0.5, 0.6) is 0 Å². The largest absolute Gasteiger partial charge is 0.481 e. The first kappa shape index (κ1) is 15.7. The van der Waals surface area contributed by atoms with E-state index in [9.17, 15) is 14.3 Å². The topological polar surface area (TPSA) is 58.4 Å². The van der Waals surface area contributed by atoms with Crippen LogP contribution in [-0.2, 0) is 11.3 Å². The van der Waals surface area contributed by atoms with E-state index in [1.54, 1.807) is 16.8 Å². The lowest BCUT2D eigenvalue weighted by molar-refractivity contribution is -0.144. The van der Waals surface area contributed by atoms with Crippen molar-refractivity contribution in [2.24, 2.45) is 11.8 Å². The third-order valence-corrected chi connectivity index (χ3v) is 4.21. The number of benzene rings is 1. The van der Waals surface area contributed by atoms with E-state index in [-0.39, 0.29) is 11.7 Å². The Morgan fingerprint density at radius 3 is 2.74 bits per heavy atom. The lowest BCUT2D eigenvalue weighted by atomic mass is 9.90. The number of halogens is 1. The fraction of sp³-hybridized carbons (Fsp3) is 0.412. The normalized spacial score (nSPS) is 22.2. The lowest BCUT2D eigenvalue weighted by Crippen LogP contribution is -2.42. The summed E-state index contributed by atoms with van der Waals surface area (Å²) in [5.74, 6) is -0.941. The summed E-state index contributed by atoms with van der Waals surface area (Å²) >= 11 is 0. The van der Waals surface area contributed by atoms with Crippen molar-refractivity contribution < 1.29 is 14.3 Å². The molecule has 0 aliphatic carbocycles. The number of aromatic nitrogens is 2. The maximum Gasteiger partial charge on any atom is 0.307 e. The smallest absolute Gasteiger partial charge is 0.307 e. The van der Waals surface area contributed by atoms with Gasteiger partial charge in [-0.25, -0.2) is 9.07 Å². The van der Waals surface area contributed by atoms with E-state index in [1.807, 2.05) is 12.3 Å². The molecule has 122 valence electrons. The van der Waals surface area contributed by atoms with E-state index in [4.69, 9.17) is 0 Å². The first-order valence-electron chi connectivity index (χ1n) is 7.77. The molecule has 1 aromatic heterocycles. The minimum Gasteiger partial charge on any atom is -0.481 e. The molecule has 0 radical (unpaired) electrons. The van der Waals surface area contributed by atoms with E-state index < -0.39 is 5.97 Å². The number of rotatable bonds is 4. The van der Waals surface area contributed by atoms with Gasteiger partial charge in [-0.3, -0.25) is 9.69 Å². The maximum absolute atomic E-state index is 13.0. The van der Waals surface area contributed by atoms with E-state index in [1.165, 1.54) is 12.1 Å². The van der Waals surface area contributed by atoms with Gasteiger partial charge in [-0.15, -0.1) is 0 Å². The molecule has 2 unspecified atom stereocenters. The standard InChI is InChI=1S/C17H20FN3O2/c1-12-8-13(17(22)23)10-20(9-12)11-15-6-7-21(19-15)16-4-2-14(18)3-5-16/h2-7,12-13H,8-11H2,1H3,(H,22,23). The van der Waals surface area contributed by atoms with Gasteiger partial charge in [0.05, 0.1) is 17.3 Å². The zero-order valence-electron chi connectivity index (χ0n) is 13.0. The summed E-state index contributed by atoms with van der Waals surface area (Å²) < 4.78 is 14.7. The highest BCUT2D eigenvalue weighted by Crippen LogP contribution is 2.23. The van der Waals surface area contributed by atoms with Crippen LogP contribution in [0.4, 0.5) is 4.39 Å². The first-order valence-corrected chi connectivity index (χ1v) is 7.77. The SMILES string of the molecule is CC1CC(C(=O)O)CN(Cc2ccn(-c3ccc(F)cc3)n2)C1. The molecule has 6 heteroatoms. The van der Waals surface area contributed by atoms with Crippen molar-refractivity contribution in [3.05, 3.63) is 48.0 Å². The highest BCUT2D eigenvalue weighted by Gasteiger charge is 2.29. The summed E-state index contributed by atoms with van der Waals surface area (Å²) in [5, 5.41) is 13.7. The van der Waals surface area contributed by atoms with Crippen molar-refractivity contribution in [3.8, 4) is 5.69 Å². The van der Waals surface area contributed by atoms with Crippen LogP contribution in [0.25, 0.3) is 5.69 Å². The average Bonchev–Trinajstić information content (AvgIpc) is 2.95. The fourth-order valence-electron chi connectivity index (χ4n) is 3.18. The molecule has 1 aliphatic heterocycles. The number of hydrogen-bond donors (Lipinski definition) is 1. The van der Waals surface area contributed by atoms with Crippen molar-refractivity contribution in [3.63, 3.8) is 0 Å². The number of piperidine rings is 1. The van der Waals surface area contributed by atoms with Gasteiger partial charge in [0, 0.05) is 25.8 Å². The number of aliphatic carboxylic acids is 1. The minimum absolute atomic E-state index is 0.275. The molecule has 2 aromatic rings. The van der Waals surface area contributed by atoms with Gasteiger partial charge in [0.15, 0.2) is 0 Å². The number of hydrogen-bond acceptors (Lipinski definition) is 3. The maximum atomic E-state index is 13.0. The molecule has 5 nitrogen and oxygen atoms in total. The monoisotopic (exact) mass is 317 g/mol. The van der Waals surface area contributed by atoms with E-state index in [0.717, 1.165) is 24.3 Å². The van der Waals surface area contributed by atoms with Crippen molar-refractivity contribution >= 4 is 5.97 Å². The van der Waals surface area contributed by atoms with Crippen LogP contribution in [0.2, 0.25) is 0 Å². The second-order valence-corrected chi connectivity index (χ2v) is 6.30. The van der Waals surface area contributed by atoms with Crippen LogP contribution in [-0.4, -0.2) is 38.8 Å². The second kappa shape index (κ2) is 6.50. The van der Waals surface area contributed by atoms with Gasteiger partial charge in [0.25, 0.3) is 0 Å². The minimum atomic E-state index is -0.724. The third-order valence-electron chi connectivity index (χ3n) is 4.21. The molecule has 1 saturated heterocycles. The first-order chi connectivity index (χ1) is 11.0. The number of carboxylic acids is 1. The Morgan fingerprint density at radius 2 is 2.04 bits per heavy atom. The summed E-state index contributed by atoms with van der Waals surface area (Å²) in [6, 6.07) is 8.07. The Bertz CT molecular complexity index is 683. The molecule has 2 heterocycles. The van der Waals surface area contributed by atoms with Crippen molar-refractivity contribution in [2.75, 3.05) is 13.1 Å². The van der Waals surface area contributed by atoms with Gasteiger partial charge in [-0.1, -0.05) is 6.92 Å². The van der Waals surface area contributed by atoms with Crippen LogP contribution in [0.3, 0.4) is 0 Å². The Kier molecular flexibility index (Phi) is 4.43. The average molecular weight is 317 g/mol. The molecule has 0 bridgehead atoms. The molecular weight excluding hydrogens is 297 g/mol. The van der Waals surface area contributed by atoms with Crippen molar-refractivity contribution in [1.82, 2.24) is 14.7 Å². The molecule has 0 spiro atoms. The molecular formula is C17H20FN3O2. The molecule has 0 saturated carbocycles. The number of likely N-dealkylation sites (tertiary alicyclic amines) is 1. The fourth-order valence-corrected chi connectivity index (χ4v) is 3.18. The zero-order chi connectivity index (χ0) is 16.4. The molecule has 2 atom stereocenters. The van der Waals surface area contributed by atoms with Gasteiger partial charge in [-0.2, -0.15) is 5.10 Å². The third kappa shape index (κ3) is 3.76. The van der Waals surface area contributed by atoms with Crippen LogP contribution < -0.4 is 0 Å². The van der Waals surface area contributed by atoms with E-state index in [0.29, 0.717) is 19.0 Å². The highest BCUT2D eigenvalue weighted by atomic mass is 19.1. The Balaban J connectivity index is 1.69. The number of nitrogens with zero attached hydrogens (tertiary/aromatic N) is 3. The molecule has 3 rings (SSSR count). The summed E-state index contributed by atoms with van der Waals surface area (Å²) in [4.78, 5) is 13.4. The Hall–Kier alpha value is -2.21. The predicted octanol–water partition coefficient (Wildman–Crippen LogP) is 2.55. The molecule has 1 aromatic carbocycles. The Morgan fingerprint density at radius 1 is 1.30 bits per heavy atom. The second-order valence-electron chi connectivity index (χ2n) is 6.30. The highest BCUT2D eigenvalue weighted by molar-refractivity contribution is 5.70. The summed E-state index contributed by atoms with van der Waals surface area (Å²) in [5.41, 5.74) is 1.68. The quantitative estimate of drug-likeness (QED) is 0.941. The summed E-state index contributed by atoms with van der Waals surface area (Å²) in [6.45, 7) is 4.15.